The summed E-state index contributed by atoms with van der Waals surface area (Å²) in [6.45, 7) is 0. The molecule has 1 atom stereocenters. The maximum absolute atomic E-state index is 11.8. The summed E-state index contributed by atoms with van der Waals surface area (Å²) in [5.74, 6) is 0.984. The number of hydrogen-bond donors (Lipinski definition) is 0. The minimum Gasteiger partial charge on any atom is -0.497 e. The van der Waals surface area contributed by atoms with Gasteiger partial charge in [0.05, 0.1) is 19.6 Å². The van der Waals surface area contributed by atoms with Gasteiger partial charge in [0.15, 0.2) is 0 Å². The molecule has 1 saturated heterocycles. The second-order valence-electron chi connectivity index (χ2n) is 4.20. The lowest BCUT2D eigenvalue weighted by Crippen LogP contribution is -2.46. The van der Waals surface area contributed by atoms with E-state index in [0.29, 0.717) is 6.42 Å². The molecule has 1 aromatic carbocycles. The van der Waals surface area contributed by atoms with Gasteiger partial charge in [-0.1, -0.05) is 6.07 Å². The van der Waals surface area contributed by atoms with Crippen molar-refractivity contribution in [1.29, 1.82) is 0 Å². The van der Waals surface area contributed by atoms with Gasteiger partial charge >= 0.3 is 0 Å². The van der Waals surface area contributed by atoms with Crippen molar-refractivity contribution in [2.75, 3.05) is 12.0 Å². The molecule has 0 aliphatic carbocycles. The number of benzene rings is 1. The lowest BCUT2D eigenvalue weighted by atomic mass is 9.99. The van der Waals surface area contributed by atoms with Crippen LogP contribution < -0.4 is 9.64 Å². The van der Waals surface area contributed by atoms with Crippen molar-refractivity contribution in [2.45, 2.75) is 12.5 Å². The minimum absolute atomic E-state index is 0.179. The fourth-order valence-corrected chi connectivity index (χ4v) is 3.01. The number of methoxy groups -OCH3 is 1. The Morgan fingerprint density at radius 1 is 1.28 bits per heavy atom. The standard InChI is InChI=1S/C14H13NO2S/c1-17-11-6-4-10(5-7-11)15-12(9-14(15)16)13-3-2-8-18-13/h2-8,12H,9H2,1H3. The number of carbonyl (C=O) groups is 1. The highest BCUT2D eigenvalue weighted by atomic mass is 32.1. The molecule has 0 saturated carbocycles. The van der Waals surface area contributed by atoms with Crippen LogP contribution in [0.25, 0.3) is 0 Å². The zero-order valence-corrected chi connectivity index (χ0v) is 10.8. The molecular formula is C14H13NO2S. The van der Waals surface area contributed by atoms with Crippen LogP contribution in [0.5, 0.6) is 5.75 Å². The predicted molar refractivity (Wildman–Crippen MR) is 72.2 cm³/mol. The third kappa shape index (κ3) is 1.78. The Morgan fingerprint density at radius 2 is 2.06 bits per heavy atom. The van der Waals surface area contributed by atoms with Gasteiger partial charge in [0.1, 0.15) is 5.75 Å². The highest BCUT2D eigenvalue weighted by Crippen LogP contribution is 2.40. The summed E-state index contributed by atoms with van der Waals surface area (Å²) in [6, 6.07) is 11.9. The maximum atomic E-state index is 11.8. The van der Waals surface area contributed by atoms with Crippen LogP contribution in [0.1, 0.15) is 17.3 Å². The molecule has 92 valence electrons. The highest BCUT2D eigenvalue weighted by molar-refractivity contribution is 7.10. The second kappa shape index (κ2) is 4.46. The number of thiophene rings is 1. The number of nitrogens with zero attached hydrogens (tertiary/aromatic N) is 1. The molecule has 1 aliphatic heterocycles. The summed E-state index contributed by atoms with van der Waals surface area (Å²) >= 11 is 1.70. The molecule has 3 nitrogen and oxygen atoms in total. The molecule has 3 rings (SSSR count). The van der Waals surface area contributed by atoms with Crippen LogP contribution >= 0.6 is 11.3 Å². The van der Waals surface area contributed by atoms with E-state index >= 15 is 0 Å². The fourth-order valence-electron chi connectivity index (χ4n) is 2.19. The molecule has 0 spiro atoms. The third-order valence-corrected chi connectivity index (χ3v) is 4.14. The number of ether oxygens (including phenoxy) is 1. The molecule has 0 radical (unpaired) electrons. The van der Waals surface area contributed by atoms with Gasteiger partial charge in [0.2, 0.25) is 5.91 Å². The quantitative estimate of drug-likeness (QED) is 0.792. The van der Waals surface area contributed by atoms with Gasteiger partial charge < -0.3 is 9.64 Å². The molecule has 1 amide bonds. The molecule has 1 fully saturated rings. The first-order chi connectivity index (χ1) is 8.79. The van der Waals surface area contributed by atoms with Gasteiger partial charge in [-0.05, 0) is 35.7 Å². The smallest absolute Gasteiger partial charge is 0.230 e. The summed E-state index contributed by atoms with van der Waals surface area (Å²) in [5, 5.41) is 2.05. The molecule has 2 heterocycles. The predicted octanol–water partition coefficient (Wildman–Crippen LogP) is 3.23. The van der Waals surface area contributed by atoms with E-state index in [1.807, 2.05) is 40.6 Å². The van der Waals surface area contributed by atoms with Gasteiger partial charge in [0, 0.05) is 10.6 Å². The van der Waals surface area contributed by atoms with Crippen molar-refractivity contribution in [3.8, 4) is 5.75 Å². The van der Waals surface area contributed by atoms with Crippen molar-refractivity contribution < 1.29 is 9.53 Å². The first-order valence-corrected chi connectivity index (χ1v) is 6.67. The van der Waals surface area contributed by atoms with Gasteiger partial charge in [0.25, 0.3) is 0 Å². The van der Waals surface area contributed by atoms with Gasteiger partial charge in [-0.2, -0.15) is 0 Å². The average molecular weight is 259 g/mol. The van der Waals surface area contributed by atoms with Gasteiger partial charge in [-0.3, -0.25) is 4.79 Å². The first kappa shape index (κ1) is 11.3. The summed E-state index contributed by atoms with van der Waals surface area (Å²) in [7, 11) is 1.64. The van der Waals surface area contributed by atoms with Crippen LogP contribution in [0, 0.1) is 0 Å². The first-order valence-electron chi connectivity index (χ1n) is 5.79. The number of β-lactam (4-membered cyclic amide) rings is 1. The van der Waals surface area contributed by atoms with E-state index in [-0.39, 0.29) is 11.9 Å². The molecule has 2 aromatic rings. The highest BCUT2D eigenvalue weighted by Gasteiger charge is 2.38. The van der Waals surface area contributed by atoms with Crippen LogP contribution in [-0.4, -0.2) is 13.0 Å². The van der Waals surface area contributed by atoms with Crippen LogP contribution in [-0.2, 0) is 4.79 Å². The maximum Gasteiger partial charge on any atom is 0.230 e. The Labute approximate surface area is 110 Å². The van der Waals surface area contributed by atoms with Crippen molar-refractivity contribution in [3.63, 3.8) is 0 Å². The molecule has 1 unspecified atom stereocenters. The van der Waals surface area contributed by atoms with E-state index in [2.05, 4.69) is 6.07 Å². The number of rotatable bonds is 3. The number of hydrogen-bond acceptors (Lipinski definition) is 3. The lowest BCUT2D eigenvalue weighted by Gasteiger charge is -2.40. The topological polar surface area (TPSA) is 29.5 Å². The Hall–Kier alpha value is -1.81. The molecule has 1 aromatic heterocycles. The zero-order chi connectivity index (χ0) is 12.5. The number of amides is 1. The monoisotopic (exact) mass is 259 g/mol. The van der Waals surface area contributed by atoms with Gasteiger partial charge in [-0.15, -0.1) is 11.3 Å². The van der Waals surface area contributed by atoms with E-state index in [9.17, 15) is 4.79 Å². The van der Waals surface area contributed by atoms with Crippen molar-refractivity contribution in [1.82, 2.24) is 0 Å². The summed E-state index contributed by atoms with van der Waals surface area (Å²) in [5.41, 5.74) is 0.936. The van der Waals surface area contributed by atoms with E-state index < -0.39 is 0 Å². The Kier molecular flexibility index (Phi) is 2.80. The molecule has 0 N–H and O–H groups in total. The Balaban J connectivity index is 1.87. The molecule has 1 aliphatic rings. The van der Waals surface area contributed by atoms with Crippen molar-refractivity contribution in [3.05, 3.63) is 46.7 Å². The third-order valence-electron chi connectivity index (χ3n) is 3.17. The van der Waals surface area contributed by atoms with Crippen LogP contribution in [0.3, 0.4) is 0 Å². The second-order valence-corrected chi connectivity index (χ2v) is 5.18. The molecular weight excluding hydrogens is 246 g/mol. The largest absolute Gasteiger partial charge is 0.497 e. The molecule has 18 heavy (non-hydrogen) atoms. The molecule has 4 heteroatoms. The lowest BCUT2D eigenvalue weighted by molar-refractivity contribution is -0.124. The van der Waals surface area contributed by atoms with E-state index in [1.165, 1.54) is 4.88 Å². The average Bonchev–Trinajstić information content (AvgIpc) is 2.90. The zero-order valence-electron chi connectivity index (χ0n) is 10.00. The summed E-state index contributed by atoms with van der Waals surface area (Å²) < 4.78 is 5.13. The van der Waals surface area contributed by atoms with Crippen LogP contribution in [0.2, 0.25) is 0 Å². The van der Waals surface area contributed by atoms with E-state index in [0.717, 1.165) is 11.4 Å². The van der Waals surface area contributed by atoms with E-state index in [1.54, 1.807) is 18.4 Å². The van der Waals surface area contributed by atoms with E-state index in [4.69, 9.17) is 4.74 Å². The van der Waals surface area contributed by atoms with Crippen LogP contribution in [0.4, 0.5) is 5.69 Å². The Bertz CT molecular complexity index is 548. The number of anilines is 1. The summed E-state index contributed by atoms with van der Waals surface area (Å²) in [4.78, 5) is 14.9. The van der Waals surface area contributed by atoms with Crippen molar-refractivity contribution in [2.24, 2.45) is 0 Å². The molecule has 0 bridgehead atoms. The van der Waals surface area contributed by atoms with Crippen LogP contribution in [0.15, 0.2) is 41.8 Å². The number of carbonyl (C=O) groups excluding carboxylic acids is 1. The summed E-state index contributed by atoms with van der Waals surface area (Å²) in [6.07, 6.45) is 0.604. The minimum atomic E-state index is 0.179. The normalized spacial score (nSPS) is 18.6. The van der Waals surface area contributed by atoms with Crippen molar-refractivity contribution >= 4 is 22.9 Å². The van der Waals surface area contributed by atoms with Gasteiger partial charge in [-0.25, -0.2) is 0 Å². The SMILES string of the molecule is COc1ccc(N2C(=O)CC2c2cccs2)cc1. The Morgan fingerprint density at radius 3 is 2.61 bits per heavy atom. The fraction of sp³-hybridized carbons (Fsp3) is 0.214.